The molecule has 0 N–H and O–H groups in total. The summed E-state index contributed by atoms with van der Waals surface area (Å²) in [6, 6.07) is 6.74. The summed E-state index contributed by atoms with van der Waals surface area (Å²) < 4.78 is 74.4. The van der Waals surface area contributed by atoms with Crippen LogP contribution in [0.3, 0.4) is 0 Å². The molecule has 0 spiro atoms. The van der Waals surface area contributed by atoms with E-state index in [2.05, 4.69) is 9.72 Å². The molecule has 0 atom stereocenters. The van der Waals surface area contributed by atoms with Crippen LogP contribution in [0.1, 0.15) is 31.2 Å². The van der Waals surface area contributed by atoms with Gasteiger partial charge in [0, 0.05) is 35.6 Å². The van der Waals surface area contributed by atoms with Crippen molar-refractivity contribution in [2.75, 3.05) is 26.2 Å². The summed E-state index contributed by atoms with van der Waals surface area (Å²) in [6.07, 6.45) is -1.80. The molecule has 1 aliphatic heterocycles. The molecule has 0 radical (unpaired) electrons. The number of likely N-dealkylation sites (tertiary alicyclic amines) is 1. The Kier molecular flexibility index (Phi) is 11.0. The van der Waals surface area contributed by atoms with E-state index in [4.69, 9.17) is 16.3 Å². The number of aromatic nitrogens is 1. The van der Waals surface area contributed by atoms with Crippen molar-refractivity contribution in [3.8, 4) is 11.5 Å². The normalized spacial score (nSPS) is 15.4. The molecule has 6 nitrogen and oxygen atoms in total. The Morgan fingerprint density at radius 2 is 1.85 bits per heavy atom. The Morgan fingerprint density at radius 3 is 2.52 bits per heavy atom. The first-order chi connectivity index (χ1) is 18.5. The molecule has 1 fully saturated rings. The number of benzene rings is 2. The number of carbonyl (C=O) groups excluding carboxylic acids is 1. The van der Waals surface area contributed by atoms with E-state index in [-0.39, 0.29) is 53.4 Å². The van der Waals surface area contributed by atoms with Crippen LogP contribution in [0.25, 0.3) is 10.9 Å². The number of piperidine rings is 1. The first kappa shape index (κ1) is 32.3. The molecule has 210 valence electrons. The number of halogens is 6. The van der Waals surface area contributed by atoms with Crippen LogP contribution >= 0.6 is 11.6 Å². The number of alkyl halides is 3. The third-order valence-electron chi connectivity index (χ3n) is 7.02. The van der Waals surface area contributed by atoms with Crippen molar-refractivity contribution in [3.63, 3.8) is 0 Å². The Balaban J connectivity index is 0.00000441. The van der Waals surface area contributed by atoms with Crippen molar-refractivity contribution in [3.05, 3.63) is 64.8 Å². The van der Waals surface area contributed by atoms with Gasteiger partial charge in [0.05, 0.1) is 10.5 Å². The fraction of sp³-hybridized carbons (Fsp3) is 0.407. The first-order valence-corrected chi connectivity index (χ1v) is 12.7. The molecule has 40 heavy (non-hydrogen) atoms. The second kappa shape index (κ2) is 13.7. The summed E-state index contributed by atoms with van der Waals surface area (Å²) in [6.45, 7) is 1.40. The fourth-order valence-electron chi connectivity index (χ4n) is 4.89. The smallest absolute Gasteiger partial charge is 0.550 e. The average molecular weight is 595 g/mol. The molecular formula is C27H25ClF5N2NaO4. The van der Waals surface area contributed by atoms with Gasteiger partial charge >= 0.3 is 35.9 Å². The number of carbonyl (C=O) groups is 1. The molecule has 0 unspecified atom stereocenters. The number of carboxylic acid groups (broad SMARTS) is 1. The fourth-order valence-corrected chi connectivity index (χ4v) is 5.14. The van der Waals surface area contributed by atoms with Crippen molar-refractivity contribution in [1.29, 1.82) is 0 Å². The standard InChI is InChI=1S/C27H26ClF5N2O4.Na/c28-21-16-34-23-6-4-18(39-27(31,32)33)15-20(23)19(21)2-1-7-26(25(36)37)8-10-35(11-9-26)12-13-38-24-14-17(29)3-5-22(24)30;/h3-6,14-16H,1-2,7-13H2,(H,36,37);/q;+1/p-1. The molecule has 2 aromatic carbocycles. The summed E-state index contributed by atoms with van der Waals surface area (Å²) >= 11 is 6.32. The predicted molar refractivity (Wildman–Crippen MR) is 131 cm³/mol. The topological polar surface area (TPSA) is 74.7 Å². The number of pyridine rings is 1. The van der Waals surface area contributed by atoms with Crippen LogP contribution in [0.15, 0.2) is 42.6 Å². The van der Waals surface area contributed by atoms with Gasteiger partial charge in [-0.15, -0.1) is 13.2 Å². The van der Waals surface area contributed by atoms with E-state index in [1.807, 2.05) is 4.90 Å². The van der Waals surface area contributed by atoms with Crippen LogP contribution in [-0.2, 0) is 11.2 Å². The van der Waals surface area contributed by atoms with Crippen LogP contribution in [-0.4, -0.2) is 48.5 Å². The van der Waals surface area contributed by atoms with E-state index in [1.165, 1.54) is 24.4 Å². The maximum Gasteiger partial charge on any atom is 1.00 e. The Bertz CT molecular complexity index is 1340. The van der Waals surface area contributed by atoms with E-state index in [9.17, 15) is 31.9 Å². The molecule has 13 heteroatoms. The number of hydrogen-bond acceptors (Lipinski definition) is 6. The molecule has 0 saturated carbocycles. The molecule has 4 rings (SSSR count). The number of hydrogen-bond donors (Lipinski definition) is 0. The van der Waals surface area contributed by atoms with Gasteiger partial charge < -0.3 is 19.4 Å². The molecule has 1 aliphatic rings. The van der Waals surface area contributed by atoms with Gasteiger partial charge in [-0.05, 0) is 81.1 Å². The number of aryl methyl sites for hydroxylation is 1. The molecule has 0 amide bonds. The number of aliphatic carboxylic acids is 1. The van der Waals surface area contributed by atoms with E-state index in [1.54, 1.807) is 0 Å². The quantitative estimate of drug-likeness (QED) is 0.265. The van der Waals surface area contributed by atoms with Crippen LogP contribution in [0, 0.1) is 17.0 Å². The van der Waals surface area contributed by atoms with Crippen molar-refractivity contribution < 1.29 is 70.9 Å². The maximum absolute atomic E-state index is 13.7. The summed E-state index contributed by atoms with van der Waals surface area (Å²) in [5.41, 5.74) is -0.0829. The summed E-state index contributed by atoms with van der Waals surface area (Å²) in [5, 5.41) is 12.8. The van der Waals surface area contributed by atoms with Crippen molar-refractivity contribution >= 4 is 28.5 Å². The van der Waals surface area contributed by atoms with Gasteiger partial charge in [0.15, 0.2) is 11.6 Å². The first-order valence-electron chi connectivity index (χ1n) is 12.3. The summed E-state index contributed by atoms with van der Waals surface area (Å²) in [4.78, 5) is 18.3. The van der Waals surface area contributed by atoms with E-state index < -0.39 is 35.1 Å². The minimum atomic E-state index is -4.85. The monoisotopic (exact) mass is 594 g/mol. The second-order valence-electron chi connectivity index (χ2n) is 9.50. The molecular weight excluding hydrogens is 570 g/mol. The van der Waals surface area contributed by atoms with Crippen LogP contribution < -0.4 is 44.1 Å². The number of carboxylic acids is 1. The third-order valence-corrected chi connectivity index (χ3v) is 7.34. The zero-order valence-electron chi connectivity index (χ0n) is 21.7. The molecule has 0 aliphatic carbocycles. The largest absolute Gasteiger partial charge is 1.00 e. The van der Waals surface area contributed by atoms with E-state index in [0.29, 0.717) is 61.8 Å². The van der Waals surface area contributed by atoms with Gasteiger partial charge in [0.25, 0.3) is 0 Å². The second-order valence-corrected chi connectivity index (χ2v) is 9.90. The molecule has 1 saturated heterocycles. The molecule has 3 aromatic rings. The summed E-state index contributed by atoms with van der Waals surface area (Å²) in [7, 11) is 0. The van der Waals surface area contributed by atoms with Crippen LogP contribution in [0.2, 0.25) is 5.02 Å². The SMILES string of the molecule is O=C([O-])C1(CCCc2c(Cl)cnc3ccc(OC(F)(F)F)cc23)CCN(CCOc2cc(F)ccc2F)CC1.[Na+]. The van der Waals surface area contributed by atoms with Gasteiger partial charge in [-0.2, -0.15) is 0 Å². The number of ether oxygens (including phenoxy) is 2. The summed E-state index contributed by atoms with van der Waals surface area (Å²) in [5.74, 6) is -3.03. The Hall–Kier alpha value is -2.18. The van der Waals surface area contributed by atoms with Gasteiger partial charge in [-0.1, -0.05) is 11.6 Å². The Labute approximate surface area is 254 Å². The van der Waals surface area contributed by atoms with Gasteiger partial charge in [-0.25, -0.2) is 8.78 Å². The minimum Gasteiger partial charge on any atom is -0.550 e. The predicted octanol–water partition coefficient (Wildman–Crippen LogP) is 2.30. The van der Waals surface area contributed by atoms with Crippen molar-refractivity contribution in [2.24, 2.45) is 5.41 Å². The van der Waals surface area contributed by atoms with Crippen LogP contribution in [0.5, 0.6) is 11.5 Å². The van der Waals surface area contributed by atoms with Crippen molar-refractivity contribution in [1.82, 2.24) is 9.88 Å². The maximum atomic E-state index is 13.7. The Morgan fingerprint density at radius 1 is 1.12 bits per heavy atom. The third kappa shape index (κ3) is 8.19. The van der Waals surface area contributed by atoms with E-state index >= 15 is 0 Å². The van der Waals surface area contributed by atoms with E-state index in [0.717, 1.165) is 18.2 Å². The van der Waals surface area contributed by atoms with Gasteiger partial charge in [-0.3, -0.25) is 9.88 Å². The molecule has 0 bridgehead atoms. The van der Waals surface area contributed by atoms with Crippen LogP contribution in [0.4, 0.5) is 22.0 Å². The average Bonchev–Trinajstić information content (AvgIpc) is 2.87. The number of nitrogens with zero attached hydrogens (tertiary/aromatic N) is 2. The zero-order valence-corrected chi connectivity index (χ0v) is 24.5. The zero-order chi connectivity index (χ0) is 28.2. The minimum absolute atomic E-state index is 0. The van der Waals surface area contributed by atoms with Gasteiger partial charge in [0.2, 0.25) is 0 Å². The molecule has 2 heterocycles. The number of fused-ring (bicyclic) bond motifs is 1. The number of rotatable bonds is 10. The molecule has 1 aromatic heterocycles. The van der Waals surface area contributed by atoms with Crippen molar-refractivity contribution in [2.45, 2.75) is 38.5 Å². The van der Waals surface area contributed by atoms with Gasteiger partial charge in [0.1, 0.15) is 18.2 Å².